The van der Waals surface area contributed by atoms with Crippen molar-refractivity contribution in [1.29, 1.82) is 0 Å². The van der Waals surface area contributed by atoms with Gasteiger partial charge in [0.2, 0.25) is 10.0 Å². The fraction of sp³-hybridized carbons (Fsp3) is 0.143. The fourth-order valence-electron chi connectivity index (χ4n) is 1.69. The molecule has 0 unspecified atom stereocenters. The Morgan fingerprint density at radius 2 is 1.50 bits per heavy atom. The van der Waals surface area contributed by atoms with Crippen molar-refractivity contribution >= 4 is 27.3 Å². The Morgan fingerprint density at radius 1 is 0.950 bits per heavy atom. The van der Waals surface area contributed by atoms with E-state index in [9.17, 15) is 8.42 Å². The Morgan fingerprint density at radius 3 is 2.05 bits per heavy atom. The third kappa shape index (κ3) is 4.23. The zero-order valence-electron chi connectivity index (χ0n) is 10.6. The molecule has 4 nitrogen and oxygen atoms in total. The number of hydrogen-bond donors (Lipinski definition) is 2. The van der Waals surface area contributed by atoms with Crippen molar-refractivity contribution in [1.82, 2.24) is 0 Å². The van der Waals surface area contributed by atoms with Crippen molar-refractivity contribution < 1.29 is 13.5 Å². The van der Waals surface area contributed by atoms with Crippen LogP contribution < -0.4 is 4.72 Å². The lowest BCUT2D eigenvalue weighted by atomic mass is 10.2. The molecule has 106 valence electrons. The second kappa shape index (κ2) is 6.26. The molecule has 0 aliphatic heterocycles. The maximum absolute atomic E-state index is 12.0. The first-order chi connectivity index (χ1) is 9.48. The van der Waals surface area contributed by atoms with E-state index in [0.717, 1.165) is 5.56 Å². The van der Waals surface area contributed by atoms with Crippen LogP contribution in [0.25, 0.3) is 0 Å². The Kier molecular flexibility index (Phi) is 4.65. The summed E-state index contributed by atoms with van der Waals surface area (Å²) in [5, 5.41) is 9.49. The van der Waals surface area contributed by atoms with Gasteiger partial charge >= 0.3 is 0 Å². The summed E-state index contributed by atoms with van der Waals surface area (Å²) < 4.78 is 26.5. The van der Waals surface area contributed by atoms with Crippen LogP contribution in [0.2, 0.25) is 5.02 Å². The summed E-state index contributed by atoms with van der Waals surface area (Å²) in [4.78, 5) is 0. The second-order valence-corrected chi connectivity index (χ2v) is 6.50. The van der Waals surface area contributed by atoms with E-state index in [0.29, 0.717) is 16.3 Å². The van der Waals surface area contributed by atoms with E-state index in [-0.39, 0.29) is 12.4 Å². The van der Waals surface area contributed by atoms with Gasteiger partial charge in [-0.15, -0.1) is 0 Å². The minimum absolute atomic E-state index is 0.0595. The maximum Gasteiger partial charge on any atom is 0.236 e. The van der Waals surface area contributed by atoms with Crippen molar-refractivity contribution in [2.24, 2.45) is 0 Å². The molecule has 2 rings (SSSR count). The molecule has 0 amide bonds. The van der Waals surface area contributed by atoms with E-state index >= 15 is 0 Å². The first kappa shape index (κ1) is 14.8. The first-order valence-corrected chi connectivity index (χ1v) is 7.96. The predicted molar refractivity (Wildman–Crippen MR) is 80.1 cm³/mol. The number of aliphatic hydroxyl groups is 1. The average Bonchev–Trinajstić information content (AvgIpc) is 2.41. The van der Waals surface area contributed by atoms with Gasteiger partial charge in [-0.25, -0.2) is 8.42 Å². The van der Waals surface area contributed by atoms with Gasteiger partial charge in [0.25, 0.3) is 0 Å². The van der Waals surface area contributed by atoms with Gasteiger partial charge in [-0.3, -0.25) is 4.72 Å². The third-order valence-corrected chi connectivity index (χ3v) is 4.19. The molecule has 0 aromatic heterocycles. The smallest absolute Gasteiger partial charge is 0.236 e. The molecule has 2 aromatic carbocycles. The third-order valence-electron chi connectivity index (χ3n) is 2.68. The van der Waals surface area contributed by atoms with Crippen molar-refractivity contribution in [2.75, 3.05) is 4.72 Å². The zero-order valence-corrected chi connectivity index (χ0v) is 12.2. The Hall–Kier alpha value is -1.56. The van der Waals surface area contributed by atoms with Gasteiger partial charge in [-0.1, -0.05) is 35.9 Å². The summed E-state index contributed by atoms with van der Waals surface area (Å²) in [6, 6.07) is 13.2. The van der Waals surface area contributed by atoms with Gasteiger partial charge in [-0.2, -0.15) is 0 Å². The lowest BCUT2D eigenvalue weighted by Gasteiger charge is -2.08. The fourth-order valence-corrected chi connectivity index (χ4v) is 3.02. The van der Waals surface area contributed by atoms with E-state index in [1.807, 2.05) is 0 Å². The molecule has 20 heavy (non-hydrogen) atoms. The van der Waals surface area contributed by atoms with Gasteiger partial charge in [0, 0.05) is 10.7 Å². The quantitative estimate of drug-likeness (QED) is 0.892. The molecule has 0 bridgehead atoms. The van der Waals surface area contributed by atoms with Crippen LogP contribution in [0.4, 0.5) is 5.69 Å². The number of hydrogen-bond acceptors (Lipinski definition) is 3. The Bertz CT molecular complexity index is 667. The second-order valence-electron chi connectivity index (χ2n) is 4.34. The largest absolute Gasteiger partial charge is 0.392 e. The summed E-state index contributed by atoms with van der Waals surface area (Å²) in [6.07, 6.45) is 0. The van der Waals surface area contributed by atoms with Gasteiger partial charge in [0.05, 0.1) is 12.4 Å². The average molecular weight is 312 g/mol. The van der Waals surface area contributed by atoms with Gasteiger partial charge in [-0.05, 0) is 35.4 Å². The van der Waals surface area contributed by atoms with Crippen molar-refractivity contribution in [3.63, 3.8) is 0 Å². The molecule has 0 atom stereocenters. The predicted octanol–water partition coefficient (Wildman–Crippen LogP) is 2.77. The number of benzene rings is 2. The van der Waals surface area contributed by atoms with E-state index < -0.39 is 10.0 Å². The molecule has 0 heterocycles. The van der Waals surface area contributed by atoms with E-state index in [4.69, 9.17) is 16.7 Å². The standard InChI is InChI=1S/C14H14ClNO3S/c15-13-5-7-14(8-6-13)16-20(18,19)10-12-3-1-11(9-17)2-4-12/h1-8,16-17H,9-10H2. The number of anilines is 1. The SMILES string of the molecule is O=S(=O)(Cc1ccc(CO)cc1)Nc1ccc(Cl)cc1. The van der Waals surface area contributed by atoms with E-state index in [2.05, 4.69) is 4.72 Å². The highest BCUT2D eigenvalue weighted by Crippen LogP contribution is 2.16. The van der Waals surface area contributed by atoms with Gasteiger partial charge in [0.1, 0.15) is 0 Å². The zero-order chi connectivity index (χ0) is 14.6. The van der Waals surface area contributed by atoms with Gasteiger partial charge in [0.15, 0.2) is 0 Å². The number of aliphatic hydroxyl groups excluding tert-OH is 1. The highest BCUT2D eigenvalue weighted by Gasteiger charge is 2.11. The highest BCUT2D eigenvalue weighted by molar-refractivity contribution is 7.91. The first-order valence-electron chi connectivity index (χ1n) is 5.93. The maximum atomic E-state index is 12.0. The number of halogens is 1. The summed E-state index contributed by atoms with van der Waals surface area (Å²) in [6.45, 7) is -0.0595. The molecule has 0 aliphatic rings. The van der Waals surface area contributed by atoms with Crippen LogP contribution in [0.3, 0.4) is 0 Å². The molecule has 6 heteroatoms. The van der Waals surface area contributed by atoms with Crippen LogP contribution in [0.5, 0.6) is 0 Å². The van der Waals surface area contributed by atoms with Crippen LogP contribution in [-0.2, 0) is 22.4 Å². The number of rotatable bonds is 5. The van der Waals surface area contributed by atoms with Crippen LogP contribution >= 0.6 is 11.6 Å². The number of nitrogens with one attached hydrogen (secondary N) is 1. The minimum Gasteiger partial charge on any atom is -0.392 e. The summed E-state index contributed by atoms with van der Waals surface area (Å²) in [5.74, 6) is -0.124. The summed E-state index contributed by atoms with van der Waals surface area (Å²) >= 11 is 5.74. The Labute approximate surface area is 123 Å². The highest BCUT2D eigenvalue weighted by atomic mass is 35.5. The van der Waals surface area contributed by atoms with E-state index in [1.54, 1.807) is 48.5 Å². The molecule has 0 aliphatic carbocycles. The van der Waals surface area contributed by atoms with E-state index in [1.165, 1.54) is 0 Å². The normalized spacial score (nSPS) is 11.3. The summed E-state index contributed by atoms with van der Waals surface area (Å²) in [7, 11) is -3.48. The summed E-state index contributed by atoms with van der Waals surface area (Å²) in [5.41, 5.74) is 1.88. The molecule has 0 saturated heterocycles. The van der Waals surface area contributed by atoms with Crippen LogP contribution in [0.1, 0.15) is 11.1 Å². The minimum atomic E-state index is -3.48. The van der Waals surface area contributed by atoms with Crippen molar-refractivity contribution in [3.8, 4) is 0 Å². The number of sulfonamides is 1. The van der Waals surface area contributed by atoms with Crippen molar-refractivity contribution in [3.05, 3.63) is 64.7 Å². The Balaban J connectivity index is 2.08. The molecule has 0 saturated carbocycles. The molecular formula is C14H14ClNO3S. The molecule has 2 N–H and O–H groups in total. The van der Waals surface area contributed by atoms with Crippen LogP contribution in [0.15, 0.2) is 48.5 Å². The molecule has 0 fully saturated rings. The lowest BCUT2D eigenvalue weighted by Crippen LogP contribution is -2.15. The lowest BCUT2D eigenvalue weighted by molar-refractivity contribution is 0.282. The van der Waals surface area contributed by atoms with Crippen LogP contribution in [0, 0.1) is 0 Å². The molecule has 2 aromatic rings. The monoisotopic (exact) mass is 311 g/mol. The molecule has 0 spiro atoms. The van der Waals surface area contributed by atoms with Crippen LogP contribution in [-0.4, -0.2) is 13.5 Å². The van der Waals surface area contributed by atoms with Gasteiger partial charge < -0.3 is 5.11 Å². The van der Waals surface area contributed by atoms with Crippen molar-refractivity contribution in [2.45, 2.75) is 12.4 Å². The topological polar surface area (TPSA) is 66.4 Å². The molecular weight excluding hydrogens is 298 g/mol. The molecule has 0 radical (unpaired) electrons.